The summed E-state index contributed by atoms with van der Waals surface area (Å²) in [4.78, 5) is 0. The Hall–Kier alpha value is 0.430. The van der Waals surface area contributed by atoms with Crippen LogP contribution in [0.1, 0.15) is 67.2 Å². The standard InChI is InChI=1S/C16H33P/c1-7-15(4,5)14-9-8-13(3)16(14,6)10-12(2)11-17/h12-14H,7-11,17H2,1-6H3. The topological polar surface area (TPSA) is 0 Å². The van der Waals surface area contributed by atoms with Crippen LogP contribution < -0.4 is 0 Å². The zero-order chi connectivity index (χ0) is 13.3. The van der Waals surface area contributed by atoms with Crippen LogP contribution in [-0.4, -0.2) is 6.16 Å². The molecule has 17 heavy (non-hydrogen) atoms. The van der Waals surface area contributed by atoms with Crippen LogP contribution in [-0.2, 0) is 0 Å². The number of rotatable bonds is 5. The summed E-state index contributed by atoms with van der Waals surface area (Å²) in [6, 6.07) is 0. The maximum atomic E-state index is 2.92. The molecule has 0 heterocycles. The monoisotopic (exact) mass is 256 g/mol. The molecule has 5 unspecified atom stereocenters. The van der Waals surface area contributed by atoms with Crippen LogP contribution in [0.25, 0.3) is 0 Å². The molecule has 0 nitrogen and oxygen atoms in total. The summed E-state index contributed by atoms with van der Waals surface area (Å²) < 4.78 is 0. The Morgan fingerprint density at radius 3 is 2.41 bits per heavy atom. The van der Waals surface area contributed by atoms with E-state index in [4.69, 9.17) is 0 Å². The Bertz CT molecular complexity index is 246. The SMILES string of the molecule is CCC(C)(C)C1CCC(C)C1(C)CC(C)CP. The molecule has 1 saturated carbocycles. The molecule has 0 radical (unpaired) electrons. The first-order valence-corrected chi connectivity index (χ1v) is 8.29. The molecular weight excluding hydrogens is 223 g/mol. The summed E-state index contributed by atoms with van der Waals surface area (Å²) in [5.74, 6) is 2.66. The van der Waals surface area contributed by atoms with Crippen LogP contribution in [0.4, 0.5) is 0 Å². The third kappa shape index (κ3) is 3.06. The van der Waals surface area contributed by atoms with Crippen molar-refractivity contribution in [3.63, 3.8) is 0 Å². The van der Waals surface area contributed by atoms with Crippen LogP contribution in [0.3, 0.4) is 0 Å². The highest BCUT2D eigenvalue weighted by Crippen LogP contribution is 2.58. The van der Waals surface area contributed by atoms with Gasteiger partial charge in [0.2, 0.25) is 0 Å². The van der Waals surface area contributed by atoms with Crippen LogP contribution in [0.5, 0.6) is 0 Å². The molecule has 0 aliphatic heterocycles. The Morgan fingerprint density at radius 2 is 1.94 bits per heavy atom. The van der Waals surface area contributed by atoms with E-state index >= 15 is 0 Å². The lowest BCUT2D eigenvalue weighted by Gasteiger charge is -2.45. The van der Waals surface area contributed by atoms with E-state index in [0.717, 1.165) is 17.8 Å². The Kier molecular flexibility index (Phi) is 5.10. The van der Waals surface area contributed by atoms with E-state index < -0.39 is 0 Å². The highest BCUT2D eigenvalue weighted by molar-refractivity contribution is 7.16. The third-order valence-corrected chi connectivity index (χ3v) is 6.66. The second-order valence-electron chi connectivity index (χ2n) is 7.42. The maximum absolute atomic E-state index is 2.92. The van der Waals surface area contributed by atoms with Gasteiger partial charge in [-0.1, -0.05) is 48.0 Å². The van der Waals surface area contributed by atoms with Crippen molar-refractivity contribution in [2.75, 3.05) is 6.16 Å². The molecule has 1 fully saturated rings. The quantitative estimate of drug-likeness (QED) is 0.580. The van der Waals surface area contributed by atoms with Crippen molar-refractivity contribution in [1.29, 1.82) is 0 Å². The maximum Gasteiger partial charge on any atom is -0.0264 e. The number of hydrogen-bond acceptors (Lipinski definition) is 0. The molecule has 0 saturated heterocycles. The fraction of sp³-hybridized carbons (Fsp3) is 1.00. The van der Waals surface area contributed by atoms with E-state index in [1.807, 2.05) is 0 Å². The molecule has 5 atom stereocenters. The highest BCUT2D eigenvalue weighted by Gasteiger charge is 2.49. The average molecular weight is 256 g/mol. The second-order valence-corrected chi connectivity index (χ2v) is 7.90. The van der Waals surface area contributed by atoms with Crippen molar-refractivity contribution in [2.45, 2.75) is 67.2 Å². The minimum Gasteiger partial charge on any atom is -0.137 e. The lowest BCUT2D eigenvalue weighted by Crippen LogP contribution is -2.38. The summed E-state index contributed by atoms with van der Waals surface area (Å²) in [5.41, 5.74) is 1.08. The van der Waals surface area contributed by atoms with Crippen molar-refractivity contribution in [3.8, 4) is 0 Å². The predicted molar refractivity (Wildman–Crippen MR) is 82.4 cm³/mol. The molecule has 1 aliphatic carbocycles. The zero-order valence-electron chi connectivity index (χ0n) is 12.8. The van der Waals surface area contributed by atoms with Crippen LogP contribution >= 0.6 is 9.24 Å². The summed E-state index contributed by atoms with van der Waals surface area (Å²) in [6.45, 7) is 14.8. The van der Waals surface area contributed by atoms with Gasteiger partial charge >= 0.3 is 0 Å². The van der Waals surface area contributed by atoms with Gasteiger partial charge in [-0.3, -0.25) is 0 Å². The van der Waals surface area contributed by atoms with Crippen LogP contribution in [0, 0.1) is 28.6 Å². The molecule has 0 aromatic rings. The minimum absolute atomic E-state index is 0.514. The highest BCUT2D eigenvalue weighted by atomic mass is 31.0. The van der Waals surface area contributed by atoms with Gasteiger partial charge in [0.1, 0.15) is 0 Å². The van der Waals surface area contributed by atoms with Gasteiger partial charge in [-0.25, -0.2) is 0 Å². The predicted octanol–water partition coefficient (Wildman–Crippen LogP) is 5.38. The molecule has 1 aliphatic rings. The van der Waals surface area contributed by atoms with E-state index in [9.17, 15) is 0 Å². The van der Waals surface area contributed by atoms with Gasteiger partial charge in [0.25, 0.3) is 0 Å². The van der Waals surface area contributed by atoms with Gasteiger partial charge in [0.15, 0.2) is 0 Å². The van der Waals surface area contributed by atoms with Crippen LogP contribution in [0.2, 0.25) is 0 Å². The van der Waals surface area contributed by atoms with Gasteiger partial charge in [-0.15, -0.1) is 9.24 Å². The van der Waals surface area contributed by atoms with E-state index in [0.29, 0.717) is 10.8 Å². The summed E-state index contributed by atoms with van der Waals surface area (Å²) in [7, 11) is 2.92. The molecule has 1 heteroatoms. The number of hydrogen-bond donors (Lipinski definition) is 0. The Labute approximate surface area is 112 Å². The molecule has 102 valence electrons. The first kappa shape index (κ1) is 15.5. The normalized spacial score (nSPS) is 36.2. The van der Waals surface area contributed by atoms with Gasteiger partial charge in [-0.05, 0) is 54.0 Å². The minimum atomic E-state index is 0.514. The molecule has 1 rings (SSSR count). The lowest BCUT2D eigenvalue weighted by molar-refractivity contribution is 0.0407. The molecule has 0 N–H and O–H groups in total. The van der Waals surface area contributed by atoms with Crippen molar-refractivity contribution in [2.24, 2.45) is 28.6 Å². The van der Waals surface area contributed by atoms with Crippen molar-refractivity contribution >= 4 is 9.24 Å². The Morgan fingerprint density at radius 1 is 1.35 bits per heavy atom. The lowest BCUT2D eigenvalue weighted by atomic mass is 9.60. The summed E-state index contributed by atoms with van der Waals surface area (Å²) >= 11 is 0. The zero-order valence-corrected chi connectivity index (χ0v) is 14.0. The molecule has 0 aromatic heterocycles. The second kappa shape index (κ2) is 5.60. The van der Waals surface area contributed by atoms with E-state index in [2.05, 4.69) is 50.8 Å². The largest absolute Gasteiger partial charge is 0.137 e. The first-order chi connectivity index (χ1) is 7.78. The van der Waals surface area contributed by atoms with Gasteiger partial charge in [0, 0.05) is 0 Å². The third-order valence-electron chi connectivity index (χ3n) is 5.86. The molecule has 0 spiro atoms. The molecule has 0 bridgehead atoms. The smallest absolute Gasteiger partial charge is 0.0264 e. The average Bonchev–Trinajstić information content (AvgIpc) is 2.56. The van der Waals surface area contributed by atoms with E-state index in [-0.39, 0.29) is 0 Å². The first-order valence-electron chi connectivity index (χ1n) is 7.48. The van der Waals surface area contributed by atoms with Gasteiger partial charge in [-0.2, -0.15) is 0 Å². The van der Waals surface area contributed by atoms with E-state index in [1.165, 1.54) is 31.8 Å². The van der Waals surface area contributed by atoms with Crippen LogP contribution in [0.15, 0.2) is 0 Å². The molecule has 0 amide bonds. The molecular formula is C16H33P. The molecule has 0 aromatic carbocycles. The van der Waals surface area contributed by atoms with Gasteiger partial charge < -0.3 is 0 Å². The summed E-state index contributed by atoms with van der Waals surface area (Å²) in [5, 5.41) is 0. The van der Waals surface area contributed by atoms with Crippen molar-refractivity contribution in [3.05, 3.63) is 0 Å². The fourth-order valence-electron chi connectivity index (χ4n) is 4.13. The van der Waals surface area contributed by atoms with E-state index in [1.54, 1.807) is 0 Å². The fourth-order valence-corrected chi connectivity index (χ4v) is 4.29. The van der Waals surface area contributed by atoms with Gasteiger partial charge in [0.05, 0.1) is 0 Å². The summed E-state index contributed by atoms with van der Waals surface area (Å²) in [6.07, 6.45) is 6.86. The Balaban J connectivity index is 2.91. The van der Waals surface area contributed by atoms with Crippen molar-refractivity contribution in [1.82, 2.24) is 0 Å². The van der Waals surface area contributed by atoms with Crippen molar-refractivity contribution < 1.29 is 0 Å².